The summed E-state index contributed by atoms with van der Waals surface area (Å²) in [5.41, 5.74) is 2.13. The van der Waals surface area contributed by atoms with Crippen molar-refractivity contribution in [3.63, 3.8) is 0 Å². The molecule has 6 nitrogen and oxygen atoms in total. The molecule has 27 heavy (non-hydrogen) atoms. The van der Waals surface area contributed by atoms with E-state index in [1.54, 1.807) is 0 Å². The van der Waals surface area contributed by atoms with Crippen molar-refractivity contribution in [1.29, 1.82) is 0 Å². The first kappa shape index (κ1) is 17.1. The Morgan fingerprint density at radius 1 is 0.926 bits per heavy atom. The summed E-state index contributed by atoms with van der Waals surface area (Å²) in [5.74, 6) is -0.776. The zero-order chi connectivity index (χ0) is 18.6. The van der Waals surface area contributed by atoms with E-state index in [0.717, 1.165) is 24.8 Å². The Balaban J connectivity index is 1.46. The molecule has 0 saturated carbocycles. The molecule has 0 radical (unpaired) electrons. The van der Waals surface area contributed by atoms with E-state index in [-0.39, 0.29) is 11.6 Å². The van der Waals surface area contributed by atoms with Crippen LogP contribution in [-0.2, 0) is 0 Å². The molecule has 3 aromatic rings. The lowest BCUT2D eigenvalue weighted by atomic mass is 10.2. The lowest BCUT2D eigenvalue weighted by Gasteiger charge is -2.17. The van der Waals surface area contributed by atoms with Gasteiger partial charge in [0.05, 0.1) is 11.9 Å². The zero-order valence-corrected chi connectivity index (χ0v) is 14.5. The maximum Gasteiger partial charge on any atom is 0.249 e. The van der Waals surface area contributed by atoms with E-state index in [1.165, 1.54) is 36.9 Å². The van der Waals surface area contributed by atoms with Gasteiger partial charge in [-0.15, -0.1) is 5.10 Å². The normalized spacial score (nSPS) is 13.6. The van der Waals surface area contributed by atoms with E-state index in [9.17, 15) is 8.78 Å². The second-order valence-electron chi connectivity index (χ2n) is 6.28. The van der Waals surface area contributed by atoms with Crippen molar-refractivity contribution in [2.24, 2.45) is 0 Å². The third-order valence-electron chi connectivity index (χ3n) is 4.35. The van der Waals surface area contributed by atoms with Crippen LogP contribution >= 0.6 is 0 Å². The van der Waals surface area contributed by atoms with Crippen molar-refractivity contribution in [3.8, 4) is 0 Å². The third kappa shape index (κ3) is 4.11. The van der Waals surface area contributed by atoms with Crippen LogP contribution in [0, 0.1) is 11.6 Å². The number of hydrogen-bond acceptors (Lipinski definition) is 6. The molecule has 8 heteroatoms. The molecule has 138 valence electrons. The number of halogens is 2. The highest BCUT2D eigenvalue weighted by molar-refractivity contribution is 5.61. The number of aromatic nitrogens is 3. The molecule has 1 fully saturated rings. The minimum Gasteiger partial charge on any atom is -0.372 e. The summed E-state index contributed by atoms with van der Waals surface area (Å²) in [6.07, 6.45) is 3.83. The summed E-state index contributed by atoms with van der Waals surface area (Å²) >= 11 is 0. The fraction of sp³-hybridized carbons (Fsp3) is 0.211. The van der Waals surface area contributed by atoms with E-state index in [0.29, 0.717) is 5.82 Å². The van der Waals surface area contributed by atoms with Crippen LogP contribution in [0.4, 0.5) is 37.6 Å². The first-order chi connectivity index (χ1) is 13.2. The van der Waals surface area contributed by atoms with Crippen LogP contribution in [0.15, 0.2) is 48.7 Å². The van der Waals surface area contributed by atoms with E-state index in [4.69, 9.17) is 0 Å². The molecule has 1 aliphatic heterocycles. The standard InChI is InChI=1S/C19H18F2N6/c20-13-3-8-17(16(21)11-13)24-18-12-22-26-19(25-18)23-14-4-6-15(7-5-14)27-9-1-2-10-27/h3-8,11-12H,1-2,9-10H2,(H2,23,24,25,26). The van der Waals surface area contributed by atoms with Gasteiger partial charge in [0, 0.05) is 30.5 Å². The maximum absolute atomic E-state index is 13.8. The molecule has 0 spiro atoms. The highest BCUT2D eigenvalue weighted by Crippen LogP contribution is 2.24. The van der Waals surface area contributed by atoms with Gasteiger partial charge in [0.25, 0.3) is 0 Å². The van der Waals surface area contributed by atoms with Crippen LogP contribution < -0.4 is 15.5 Å². The molecule has 2 heterocycles. The van der Waals surface area contributed by atoms with Gasteiger partial charge in [-0.25, -0.2) is 8.78 Å². The summed E-state index contributed by atoms with van der Waals surface area (Å²) in [4.78, 5) is 6.61. The zero-order valence-electron chi connectivity index (χ0n) is 14.5. The van der Waals surface area contributed by atoms with Crippen LogP contribution in [0.1, 0.15) is 12.8 Å². The number of nitrogens with one attached hydrogen (secondary N) is 2. The lowest BCUT2D eigenvalue weighted by molar-refractivity contribution is 0.586. The molecule has 2 N–H and O–H groups in total. The highest BCUT2D eigenvalue weighted by Gasteiger charge is 2.12. The molecule has 2 aromatic carbocycles. The van der Waals surface area contributed by atoms with E-state index in [2.05, 4.69) is 42.8 Å². The van der Waals surface area contributed by atoms with Crippen LogP contribution in [0.3, 0.4) is 0 Å². The van der Waals surface area contributed by atoms with E-state index in [1.807, 2.05) is 12.1 Å². The Hall–Kier alpha value is -3.29. The number of hydrogen-bond donors (Lipinski definition) is 2. The highest BCUT2D eigenvalue weighted by atomic mass is 19.1. The van der Waals surface area contributed by atoms with Gasteiger partial charge in [-0.3, -0.25) is 0 Å². The van der Waals surface area contributed by atoms with Gasteiger partial charge >= 0.3 is 0 Å². The summed E-state index contributed by atoms with van der Waals surface area (Å²) in [6.45, 7) is 2.18. The Labute approximate surface area is 155 Å². The fourth-order valence-corrected chi connectivity index (χ4v) is 3.01. The number of nitrogens with zero attached hydrogens (tertiary/aromatic N) is 4. The molecule has 0 amide bonds. The molecular formula is C19H18F2N6. The van der Waals surface area contributed by atoms with Gasteiger partial charge in [0.15, 0.2) is 5.82 Å². The van der Waals surface area contributed by atoms with Crippen molar-refractivity contribution >= 4 is 28.8 Å². The second-order valence-corrected chi connectivity index (χ2v) is 6.28. The Morgan fingerprint density at radius 2 is 1.70 bits per heavy atom. The Kier molecular flexibility index (Phi) is 4.78. The second kappa shape index (κ2) is 7.53. The quantitative estimate of drug-likeness (QED) is 0.702. The van der Waals surface area contributed by atoms with Gasteiger partial charge in [-0.2, -0.15) is 10.1 Å². The molecule has 0 atom stereocenters. The first-order valence-electron chi connectivity index (χ1n) is 8.71. The van der Waals surface area contributed by atoms with Gasteiger partial charge in [-0.1, -0.05) is 0 Å². The lowest BCUT2D eigenvalue weighted by Crippen LogP contribution is -2.17. The minimum absolute atomic E-state index is 0.109. The van der Waals surface area contributed by atoms with Gasteiger partial charge < -0.3 is 15.5 Å². The van der Waals surface area contributed by atoms with Crippen LogP contribution in [-0.4, -0.2) is 28.3 Å². The number of rotatable bonds is 5. The Bertz CT molecular complexity index is 926. The van der Waals surface area contributed by atoms with Crippen molar-refractivity contribution in [3.05, 3.63) is 60.3 Å². The van der Waals surface area contributed by atoms with Gasteiger partial charge in [0.1, 0.15) is 11.6 Å². The monoisotopic (exact) mass is 368 g/mol. The van der Waals surface area contributed by atoms with Crippen LogP contribution in [0.25, 0.3) is 0 Å². The average molecular weight is 368 g/mol. The summed E-state index contributed by atoms with van der Waals surface area (Å²) in [5, 5.41) is 13.6. The first-order valence-corrected chi connectivity index (χ1v) is 8.71. The molecule has 1 aliphatic rings. The third-order valence-corrected chi connectivity index (χ3v) is 4.35. The molecule has 1 aromatic heterocycles. The van der Waals surface area contributed by atoms with Gasteiger partial charge in [-0.05, 0) is 49.2 Å². The SMILES string of the molecule is Fc1ccc(Nc2cnnc(Nc3ccc(N4CCCC4)cc3)n2)c(F)c1. The van der Waals surface area contributed by atoms with E-state index < -0.39 is 11.6 Å². The van der Waals surface area contributed by atoms with Crippen LogP contribution in [0.5, 0.6) is 0 Å². The van der Waals surface area contributed by atoms with Crippen molar-refractivity contribution < 1.29 is 8.78 Å². The van der Waals surface area contributed by atoms with Gasteiger partial charge in [0.2, 0.25) is 5.95 Å². The molecule has 1 saturated heterocycles. The Morgan fingerprint density at radius 3 is 2.44 bits per heavy atom. The largest absolute Gasteiger partial charge is 0.372 e. The minimum atomic E-state index is -0.708. The number of benzene rings is 2. The average Bonchev–Trinajstić information content (AvgIpc) is 3.20. The van der Waals surface area contributed by atoms with Crippen molar-refractivity contribution in [2.75, 3.05) is 28.6 Å². The fourth-order valence-electron chi connectivity index (χ4n) is 3.01. The summed E-state index contributed by atoms with van der Waals surface area (Å²) in [7, 11) is 0. The van der Waals surface area contributed by atoms with Crippen molar-refractivity contribution in [1.82, 2.24) is 15.2 Å². The smallest absolute Gasteiger partial charge is 0.249 e. The predicted molar refractivity (Wildman–Crippen MR) is 101 cm³/mol. The predicted octanol–water partition coefficient (Wildman–Crippen LogP) is 4.24. The number of anilines is 5. The topological polar surface area (TPSA) is 66.0 Å². The van der Waals surface area contributed by atoms with Crippen molar-refractivity contribution in [2.45, 2.75) is 12.8 Å². The van der Waals surface area contributed by atoms with Crippen LogP contribution in [0.2, 0.25) is 0 Å². The summed E-state index contributed by atoms with van der Waals surface area (Å²) in [6, 6.07) is 11.3. The maximum atomic E-state index is 13.8. The molecule has 0 bridgehead atoms. The van der Waals surface area contributed by atoms with E-state index >= 15 is 0 Å². The molecule has 4 rings (SSSR count). The summed E-state index contributed by atoms with van der Waals surface area (Å²) < 4.78 is 26.8. The molecular weight excluding hydrogens is 350 g/mol. The molecule has 0 aliphatic carbocycles. The molecule has 0 unspecified atom stereocenters.